The van der Waals surface area contributed by atoms with E-state index in [0.29, 0.717) is 19.2 Å². The second-order valence-electron chi connectivity index (χ2n) is 6.82. The van der Waals surface area contributed by atoms with E-state index in [1.54, 1.807) is 22.9 Å². The molecule has 0 spiro atoms. The number of aromatic nitrogens is 2. The van der Waals surface area contributed by atoms with Gasteiger partial charge < -0.3 is 14.5 Å². The van der Waals surface area contributed by atoms with Gasteiger partial charge in [0.2, 0.25) is 11.8 Å². The van der Waals surface area contributed by atoms with E-state index < -0.39 is 0 Å². The topological polar surface area (TPSA) is 67.7 Å². The van der Waals surface area contributed by atoms with Crippen LogP contribution in [0.4, 0.5) is 0 Å². The molecule has 24 heavy (non-hydrogen) atoms. The highest BCUT2D eigenvalue weighted by Crippen LogP contribution is 2.41. The van der Waals surface area contributed by atoms with Gasteiger partial charge in [0.15, 0.2) is 0 Å². The number of carbonyl (C=O) groups is 2. The summed E-state index contributed by atoms with van der Waals surface area (Å²) in [5.74, 6) is -0.260. The summed E-state index contributed by atoms with van der Waals surface area (Å²) in [5.41, 5.74) is 1.95. The third kappa shape index (κ3) is 2.92. The van der Waals surface area contributed by atoms with Gasteiger partial charge in [0.05, 0.1) is 24.8 Å². The molecule has 3 rings (SSSR count). The van der Waals surface area contributed by atoms with Crippen LogP contribution in [0.5, 0.6) is 0 Å². The molecule has 2 fully saturated rings. The number of hydrogen-bond acceptors (Lipinski definition) is 4. The molecule has 2 amide bonds. The molecule has 1 aromatic rings. The lowest BCUT2D eigenvalue weighted by Crippen LogP contribution is -2.38. The van der Waals surface area contributed by atoms with Crippen molar-refractivity contribution in [1.82, 2.24) is 19.6 Å². The van der Waals surface area contributed by atoms with Crippen molar-refractivity contribution in [3.63, 3.8) is 0 Å². The van der Waals surface area contributed by atoms with Crippen molar-refractivity contribution in [2.75, 3.05) is 27.3 Å². The Bertz CT molecular complexity index is 638. The zero-order valence-electron chi connectivity index (χ0n) is 14.9. The summed E-state index contributed by atoms with van der Waals surface area (Å²) in [6, 6.07) is 0.0892. The summed E-state index contributed by atoms with van der Waals surface area (Å²) in [6.07, 6.45) is 4.17. The Morgan fingerprint density at radius 3 is 2.71 bits per heavy atom. The molecule has 0 aromatic carbocycles. The molecule has 0 radical (unpaired) electrons. The predicted molar refractivity (Wildman–Crippen MR) is 88.2 cm³/mol. The first kappa shape index (κ1) is 17.0. The fraction of sp³-hybridized carbons (Fsp3) is 0.706. The minimum atomic E-state index is -0.345. The summed E-state index contributed by atoms with van der Waals surface area (Å²) in [4.78, 5) is 29.2. The Labute approximate surface area is 142 Å². The summed E-state index contributed by atoms with van der Waals surface area (Å²) in [6.45, 7) is 2.93. The first-order valence-corrected chi connectivity index (χ1v) is 8.49. The maximum Gasteiger partial charge on any atom is 0.228 e. The van der Waals surface area contributed by atoms with Gasteiger partial charge in [0.25, 0.3) is 0 Å². The highest BCUT2D eigenvalue weighted by Gasteiger charge is 2.47. The Kier molecular flexibility index (Phi) is 4.62. The summed E-state index contributed by atoms with van der Waals surface area (Å²) >= 11 is 0. The monoisotopic (exact) mass is 334 g/mol. The predicted octanol–water partition coefficient (Wildman–Crippen LogP) is 0.885. The van der Waals surface area contributed by atoms with Gasteiger partial charge >= 0.3 is 0 Å². The zero-order valence-corrected chi connectivity index (χ0v) is 14.9. The van der Waals surface area contributed by atoms with Gasteiger partial charge in [-0.15, -0.1) is 0 Å². The van der Waals surface area contributed by atoms with Crippen LogP contribution in [0, 0.1) is 12.8 Å². The number of ether oxygens (including phenoxy) is 1. The van der Waals surface area contributed by atoms with Crippen molar-refractivity contribution in [3.8, 4) is 0 Å². The molecule has 1 aromatic heterocycles. The number of methoxy groups -OCH3 is 1. The van der Waals surface area contributed by atoms with Crippen molar-refractivity contribution < 1.29 is 14.3 Å². The van der Waals surface area contributed by atoms with Gasteiger partial charge in [0.1, 0.15) is 0 Å². The minimum absolute atomic E-state index is 0.0165. The lowest BCUT2D eigenvalue weighted by atomic mass is 9.92. The molecule has 0 N–H and O–H groups in total. The molecule has 2 heterocycles. The standard InChI is InChI=1S/C17H26N4O3/c1-11-14(10-18-20(11)3)16-13(17(23)19(2)12-5-6-12)9-15(22)21(16)7-8-24-4/h10,12-13,16H,5-9H2,1-4H3/t13-,16-/m0/s1. The SMILES string of the molecule is COCCN1C(=O)C[C@H](C(=O)N(C)C2CC2)[C@H]1c1cnn(C)c1C. The van der Waals surface area contributed by atoms with E-state index in [4.69, 9.17) is 4.74 Å². The van der Waals surface area contributed by atoms with Crippen molar-refractivity contribution >= 4 is 11.8 Å². The molecular formula is C17H26N4O3. The fourth-order valence-corrected chi connectivity index (χ4v) is 3.56. The van der Waals surface area contributed by atoms with Crippen molar-refractivity contribution in [2.24, 2.45) is 13.0 Å². The summed E-state index contributed by atoms with van der Waals surface area (Å²) < 4.78 is 6.94. The summed E-state index contributed by atoms with van der Waals surface area (Å²) in [7, 11) is 5.35. The third-order valence-corrected chi connectivity index (χ3v) is 5.32. The van der Waals surface area contributed by atoms with Gasteiger partial charge in [-0.25, -0.2) is 0 Å². The Morgan fingerprint density at radius 2 is 2.17 bits per heavy atom. The Balaban J connectivity index is 1.92. The average molecular weight is 334 g/mol. The number of likely N-dealkylation sites (tertiary alicyclic amines) is 1. The number of carbonyl (C=O) groups excluding carboxylic acids is 2. The number of nitrogens with zero attached hydrogens (tertiary/aromatic N) is 4. The van der Waals surface area contributed by atoms with Crippen molar-refractivity contribution in [1.29, 1.82) is 0 Å². The first-order chi connectivity index (χ1) is 11.5. The minimum Gasteiger partial charge on any atom is -0.383 e. The molecule has 7 heteroatoms. The molecule has 2 atom stereocenters. The van der Waals surface area contributed by atoms with E-state index in [2.05, 4.69) is 5.10 Å². The molecule has 132 valence electrons. The quantitative estimate of drug-likeness (QED) is 0.775. The molecule has 7 nitrogen and oxygen atoms in total. The van der Waals surface area contributed by atoms with Gasteiger partial charge in [-0.2, -0.15) is 5.10 Å². The van der Waals surface area contributed by atoms with Crippen LogP contribution in [-0.2, 0) is 21.4 Å². The van der Waals surface area contributed by atoms with E-state index in [-0.39, 0.29) is 30.2 Å². The van der Waals surface area contributed by atoms with Crippen molar-refractivity contribution in [2.45, 2.75) is 38.3 Å². The fourth-order valence-electron chi connectivity index (χ4n) is 3.56. The van der Waals surface area contributed by atoms with E-state index in [1.807, 2.05) is 25.9 Å². The van der Waals surface area contributed by atoms with Crippen LogP contribution in [-0.4, -0.2) is 64.7 Å². The largest absolute Gasteiger partial charge is 0.383 e. The van der Waals surface area contributed by atoms with Gasteiger partial charge in [-0.1, -0.05) is 0 Å². The molecule has 1 aliphatic carbocycles. The number of amides is 2. The van der Waals surface area contributed by atoms with Gasteiger partial charge in [-0.3, -0.25) is 14.3 Å². The Hall–Kier alpha value is -1.89. The molecule has 1 aliphatic heterocycles. The second kappa shape index (κ2) is 6.55. The van der Waals surface area contributed by atoms with Crippen LogP contribution in [0.2, 0.25) is 0 Å². The lowest BCUT2D eigenvalue weighted by molar-refractivity contribution is -0.135. The number of hydrogen-bond donors (Lipinski definition) is 0. The maximum atomic E-state index is 13.0. The van der Waals surface area contributed by atoms with E-state index in [0.717, 1.165) is 24.1 Å². The van der Waals surface area contributed by atoms with Crippen molar-refractivity contribution in [3.05, 3.63) is 17.5 Å². The van der Waals surface area contributed by atoms with Crippen LogP contribution in [0.25, 0.3) is 0 Å². The lowest BCUT2D eigenvalue weighted by Gasteiger charge is -2.29. The molecule has 0 bridgehead atoms. The Morgan fingerprint density at radius 1 is 1.46 bits per heavy atom. The molecule has 1 saturated heterocycles. The van der Waals surface area contributed by atoms with Crippen LogP contribution in [0.1, 0.15) is 36.6 Å². The van der Waals surface area contributed by atoms with Gasteiger partial charge in [0, 0.05) is 51.5 Å². The normalized spacial score (nSPS) is 23.8. The molecule has 1 saturated carbocycles. The van der Waals surface area contributed by atoms with Crippen LogP contribution < -0.4 is 0 Å². The first-order valence-electron chi connectivity index (χ1n) is 8.49. The van der Waals surface area contributed by atoms with E-state index >= 15 is 0 Å². The zero-order chi connectivity index (χ0) is 17.4. The van der Waals surface area contributed by atoms with Gasteiger partial charge in [-0.05, 0) is 19.8 Å². The van der Waals surface area contributed by atoms with Crippen LogP contribution in [0.15, 0.2) is 6.20 Å². The van der Waals surface area contributed by atoms with E-state index in [9.17, 15) is 9.59 Å². The third-order valence-electron chi connectivity index (χ3n) is 5.32. The highest BCUT2D eigenvalue weighted by atomic mass is 16.5. The summed E-state index contributed by atoms with van der Waals surface area (Å²) in [5, 5.41) is 4.31. The molecule has 0 unspecified atom stereocenters. The number of aryl methyl sites for hydroxylation is 1. The maximum absolute atomic E-state index is 13.0. The molecular weight excluding hydrogens is 308 g/mol. The van der Waals surface area contributed by atoms with Crippen LogP contribution >= 0.6 is 0 Å². The highest BCUT2D eigenvalue weighted by molar-refractivity contribution is 5.90. The van der Waals surface area contributed by atoms with Crippen LogP contribution in [0.3, 0.4) is 0 Å². The number of rotatable bonds is 6. The van der Waals surface area contributed by atoms with E-state index in [1.165, 1.54) is 0 Å². The average Bonchev–Trinajstić information content (AvgIpc) is 3.30. The molecule has 2 aliphatic rings. The second-order valence-corrected chi connectivity index (χ2v) is 6.82. The smallest absolute Gasteiger partial charge is 0.228 e.